The Morgan fingerprint density at radius 3 is 3.06 bits per heavy atom. The number of furan rings is 1. The Morgan fingerprint density at radius 2 is 2.25 bits per heavy atom. The quantitative estimate of drug-likeness (QED) is 0.476. The van der Waals surface area contributed by atoms with Crippen molar-refractivity contribution in [3.63, 3.8) is 0 Å². The summed E-state index contributed by atoms with van der Waals surface area (Å²) in [4.78, 5) is 18.1. The van der Waals surface area contributed by atoms with Gasteiger partial charge in [0.15, 0.2) is 11.3 Å². The van der Waals surface area contributed by atoms with Gasteiger partial charge in [0, 0.05) is 48.8 Å². The van der Waals surface area contributed by atoms with E-state index >= 15 is 0 Å². The number of hydrogen-bond donors (Lipinski definition) is 2. The highest BCUT2D eigenvalue weighted by Gasteiger charge is 2.28. The van der Waals surface area contributed by atoms with E-state index in [9.17, 15) is 4.79 Å². The number of hydrogen-bond acceptors (Lipinski definition) is 6. The van der Waals surface area contributed by atoms with Crippen molar-refractivity contribution >= 4 is 22.7 Å². The molecule has 2 N–H and O–H groups in total. The number of anilines is 1. The summed E-state index contributed by atoms with van der Waals surface area (Å²) >= 11 is 0. The number of carbonyl (C=O) groups excluding carboxylic acids is 1. The molecule has 0 bridgehead atoms. The van der Waals surface area contributed by atoms with Crippen LogP contribution in [-0.2, 0) is 11.3 Å². The molecule has 3 aromatic heterocycles. The molecule has 0 unspecified atom stereocenters. The molecule has 0 radical (unpaired) electrons. The van der Waals surface area contributed by atoms with Crippen LogP contribution in [0.5, 0.6) is 5.75 Å². The molecule has 0 saturated carbocycles. The number of likely N-dealkylation sites (tertiary alicyclic amines) is 1. The van der Waals surface area contributed by atoms with Gasteiger partial charge in [0.2, 0.25) is 5.91 Å². The molecule has 8 nitrogen and oxygen atoms in total. The lowest BCUT2D eigenvalue weighted by molar-refractivity contribution is -0.127. The molecule has 8 heteroatoms. The van der Waals surface area contributed by atoms with Crippen LogP contribution in [0.3, 0.4) is 0 Å². The second-order valence-electron chi connectivity index (χ2n) is 8.02. The van der Waals surface area contributed by atoms with Gasteiger partial charge in [0.05, 0.1) is 19.9 Å². The van der Waals surface area contributed by atoms with Crippen LogP contribution in [0.15, 0.2) is 53.2 Å². The molecule has 5 rings (SSSR count). The number of aromatic amines is 1. The van der Waals surface area contributed by atoms with Gasteiger partial charge < -0.3 is 19.4 Å². The van der Waals surface area contributed by atoms with E-state index < -0.39 is 0 Å². The van der Waals surface area contributed by atoms with Crippen molar-refractivity contribution in [1.82, 2.24) is 20.1 Å². The molecule has 1 amide bonds. The number of pyridine rings is 1. The monoisotopic (exact) mass is 431 g/mol. The molecule has 0 spiro atoms. The standard InChI is InChI=1S/C24H25N5O3/c1-15(30)29-9-7-18(14-29)23-20(13-27-28-23)16-6-8-25-22(11-16)26-12-19-10-17-4-3-5-21(31-2)24(17)32-19/h3-6,8,10-11,13,18H,7,9,12,14H2,1-2H3,(H,25,26)(H,27,28)/t18-/m0/s1. The van der Waals surface area contributed by atoms with Gasteiger partial charge in [-0.1, -0.05) is 12.1 Å². The van der Waals surface area contributed by atoms with E-state index in [0.29, 0.717) is 6.54 Å². The van der Waals surface area contributed by atoms with Crippen molar-refractivity contribution in [2.45, 2.75) is 25.8 Å². The third-order valence-corrected chi connectivity index (χ3v) is 6.00. The van der Waals surface area contributed by atoms with E-state index in [4.69, 9.17) is 9.15 Å². The van der Waals surface area contributed by atoms with Crippen LogP contribution in [-0.4, -0.2) is 46.2 Å². The van der Waals surface area contributed by atoms with Gasteiger partial charge in [0.25, 0.3) is 0 Å². The number of amides is 1. The third-order valence-electron chi connectivity index (χ3n) is 6.00. The second kappa shape index (κ2) is 8.37. The summed E-state index contributed by atoms with van der Waals surface area (Å²) in [6.07, 6.45) is 4.56. The van der Waals surface area contributed by atoms with Crippen molar-refractivity contribution in [3.8, 4) is 16.9 Å². The van der Waals surface area contributed by atoms with E-state index in [1.807, 2.05) is 47.5 Å². The summed E-state index contributed by atoms with van der Waals surface area (Å²) in [5.74, 6) is 2.64. The molecule has 1 saturated heterocycles. The van der Waals surface area contributed by atoms with Gasteiger partial charge in [-0.15, -0.1) is 0 Å². The van der Waals surface area contributed by atoms with Crippen LogP contribution in [0.1, 0.15) is 30.7 Å². The van der Waals surface area contributed by atoms with Gasteiger partial charge >= 0.3 is 0 Å². The summed E-state index contributed by atoms with van der Waals surface area (Å²) in [6.45, 7) is 3.62. The normalized spacial score (nSPS) is 15.9. The Bertz CT molecular complexity index is 1260. The molecule has 1 fully saturated rings. The number of carbonyl (C=O) groups is 1. The first-order valence-electron chi connectivity index (χ1n) is 10.7. The number of rotatable bonds is 6. The first-order valence-corrected chi connectivity index (χ1v) is 10.7. The van der Waals surface area contributed by atoms with Gasteiger partial charge in [0.1, 0.15) is 11.6 Å². The third kappa shape index (κ3) is 3.79. The predicted octanol–water partition coefficient (Wildman–Crippen LogP) is 4.17. The van der Waals surface area contributed by atoms with E-state index in [2.05, 4.69) is 20.5 Å². The SMILES string of the molecule is COc1cccc2cc(CNc3cc(-c4cn[nH]c4[C@H]4CCN(C(C)=O)C4)ccn3)oc12. The van der Waals surface area contributed by atoms with Crippen molar-refractivity contribution in [2.24, 2.45) is 0 Å². The van der Waals surface area contributed by atoms with Crippen molar-refractivity contribution < 1.29 is 13.9 Å². The Kier molecular flexibility index (Phi) is 5.26. The Balaban J connectivity index is 1.33. The highest BCUT2D eigenvalue weighted by Crippen LogP contribution is 2.34. The van der Waals surface area contributed by atoms with E-state index in [1.165, 1.54) is 0 Å². The fourth-order valence-corrected chi connectivity index (χ4v) is 4.33. The highest BCUT2D eigenvalue weighted by molar-refractivity contribution is 5.83. The Hall–Kier alpha value is -3.81. The molecule has 1 aliphatic rings. The molecular formula is C24H25N5O3. The summed E-state index contributed by atoms with van der Waals surface area (Å²) < 4.78 is 11.3. The molecule has 4 heterocycles. The minimum absolute atomic E-state index is 0.118. The number of methoxy groups -OCH3 is 1. The average Bonchev–Trinajstić information content (AvgIpc) is 3.56. The van der Waals surface area contributed by atoms with Crippen LogP contribution in [0, 0.1) is 0 Å². The second-order valence-corrected chi connectivity index (χ2v) is 8.02. The van der Waals surface area contributed by atoms with Crippen LogP contribution >= 0.6 is 0 Å². The van der Waals surface area contributed by atoms with E-state index in [0.717, 1.165) is 64.6 Å². The molecule has 164 valence electrons. The maximum atomic E-state index is 11.7. The van der Waals surface area contributed by atoms with Crippen LogP contribution in [0.2, 0.25) is 0 Å². The van der Waals surface area contributed by atoms with Gasteiger partial charge in [-0.05, 0) is 36.2 Å². The molecule has 1 atom stereocenters. The van der Waals surface area contributed by atoms with Crippen molar-refractivity contribution in [1.29, 1.82) is 0 Å². The van der Waals surface area contributed by atoms with Gasteiger partial charge in [-0.25, -0.2) is 4.98 Å². The van der Waals surface area contributed by atoms with Gasteiger partial charge in [-0.3, -0.25) is 9.89 Å². The minimum atomic E-state index is 0.118. The molecule has 4 aromatic rings. The molecular weight excluding hydrogens is 406 g/mol. The lowest BCUT2D eigenvalue weighted by Crippen LogP contribution is -2.25. The number of fused-ring (bicyclic) bond motifs is 1. The average molecular weight is 431 g/mol. The lowest BCUT2D eigenvalue weighted by Gasteiger charge is -2.14. The zero-order chi connectivity index (χ0) is 22.1. The zero-order valence-corrected chi connectivity index (χ0v) is 18.1. The summed E-state index contributed by atoms with van der Waals surface area (Å²) in [6, 6.07) is 11.8. The number of H-pyrrole nitrogens is 1. The first kappa shape index (κ1) is 20.1. The first-order chi connectivity index (χ1) is 15.6. The fourth-order valence-electron chi connectivity index (χ4n) is 4.33. The zero-order valence-electron chi connectivity index (χ0n) is 18.1. The van der Waals surface area contributed by atoms with Crippen molar-refractivity contribution in [3.05, 3.63) is 60.2 Å². The maximum Gasteiger partial charge on any atom is 0.219 e. The summed E-state index contributed by atoms with van der Waals surface area (Å²) in [5, 5.41) is 11.8. The van der Waals surface area contributed by atoms with E-state index in [-0.39, 0.29) is 11.8 Å². The maximum absolute atomic E-state index is 11.7. The van der Waals surface area contributed by atoms with Crippen molar-refractivity contribution in [2.75, 3.05) is 25.5 Å². The number of nitrogens with one attached hydrogen (secondary N) is 2. The van der Waals surface area contributed by atoms with Crippen LogP contribution < -0.4 is 10.1 Å². The number of nitrogens with zero attached hydrogens (tertiary/aromatic N) is 3. The molecule has 1 aromatic carbocycles. The number of aromatic nitrogens is 3. The molecule has 0 aliphatic carbocycles. The smallest absolute Gasteiger partial charge is 0.219 e. The highest BCUT2D eigenvalue weighted by atomic mass is 16.5. The minimum Gasteiger partial charge on any atom is -0.493 e. The summed E-state index contributed by atoms with van der Waals surface area (Å²) in [5.41, 5.74) is 3.88. The van der Waals surface area contributed by atoms with Gasteiger partial charge in [-0.2, -0.15) is 5.10 Å². The Labute approximate surface area is 185 Å². The molecule has 32 heavy (non-hydrogen) atoms. The lowest BCUT2D eigenvalue weighted by atomic mass is 9.97. The number of ether oxygens (including phenoxy) is 1. The van der Waals surface area contributed by atoms with Crippen LogP contribution in [0.25, 0.3) is 22.1 Å². The summed E-state index contributed by atoms with van der Waals surface area (Å²) in [7, 11) is 1.64. The fraction of sp³-hybridized carbons (Fsp3) is 0.292. The predicted molar refractivity (Wildman–Crippen MR) is 122 cm³/mol. The largest absolute Gasteiger partial charge is 0.493 e. The Morgan fingerprint density at radius 1 is 1.34 bits per heavy atom. The van der Waals surface area contributed by atoms with Crippen LogP contribution in [0.4, 0.5) is 5.82 Å². The number of para-hydroxylation sites is 1. The topological polar surface area (TPSA) is 96.3 Å². The van der Waals surface area contributed by atoms with E-state index in [1.54, 1.807) is 20.2 Å². The molecule has 1 aliphatic heterocycles. The number of benzene rings is 1.